The van der Waals surface area contributed by atoms with Crippen molar-refractivity contribution in [2.45, 2.75) is 24.8 Å². The van der Waals surface area contributed by atoms with E-state index in [1.807, 2.05) is 62.0 Å². The molecule has 1 N–H and O–H groups in total. The summed E-state index contributed by atoms with van der Waals surface area (Å²) in [5.74, 6) is 0.948. The predicted octanol–water partition coefficient (Wildman–Crippen LogP) is 3.93. The molecule has 0 aliphatic heterocycles. The van der Waals surface area contributed by atoms with Gasteiger partial charge in [0.2, 0.25) is 0 Å². The van der Waals surface area contributed by atoms with Crippen LogP contribution in [0.15, 0.2) is 65.8 Å². The zero-order valence-corrected chi connectivity index (χ0v) is 15.9. The van der Waals surface area contributed by atoms with Crippen molar-refractivity contribution in [1.29, 1.82) is 0 Å². The lowest BCUT2D eigenvalue weighted by atomic mass is 10.1. The molecule has 1 amide bonds. The maximum Gasteiger partial charge on any atom is 0.251 e. The van der Waals surface area contributed by atoms with E-state index in [1.54, 1.807) is 11.8 Å². The summed E-state index contributed by atoms with van der Waals surface area (Å²) in [4.78, 5) is 18.0. The highest BCUT2D eigenvalue weighted by atomic mass is 32.2. The number of amides is 1. The third kappa shape index (κ3) is 4.55. The minimum atomic E-state index is -0.0282. The van der Waals surface area contributed by atoms with Crippen molar-refractivity contribution in [3.8, 4) is 0 Å². The molecule has 3 rings (SSSR count). The Kier molecular flexibility index (Phi) is 6.12. The third-order valence-corrected chi connectivity index (χ3v) is 5.05. The van der Waals surface area contributed by atoms with E-state index >= 15 is 0 Å². The van der Waals surface area contributed by atoms with Gasteiger partial charge in [0, 0.05) is 42.4 Å². The van der Waals surface area contributed by atoms with E-state index in [2.05, 4.69) is 27.0 Å². The molecule has 1 aromatic heterocycles. The van der Waals surface area contributed by atoms with Crippen molar-refractivity contribution in [2.75, 3.05) is 12.8 Å². The van der Waals surface area contributed by atoms with Gasteiger partial charge in [0.1, 0.15) is 5.82 Å². The molecule has 134 valence electrons. The number of hydrogen-bond acceptors (Lipinski definition) is 3. The first-order valence-electron chi connectivity index (χ1n) is 8.64. The van der Waals surface area contributed by atoms with Crippen LogP contribution >= 0.6 is 11.8 Å². The van der Waals surface area contributed by atoms with Crippen LogP contribution in [0.2, 0.25) is 0 Å². The van der Waals surface area contributed by atoms with Crippen molar-refractivity contribution in [3.63, 3.8) is 0 Å². The molecule has 4 nitrogen and oxygen atoms in total. The van der Waals surface area contributed by atoms with E-state index in [1.165, 1.54) is 5.56 Å². The van der Waals surface area contributed by atoms with Crippen molar-refractivity contribution in [2.24, 2.45) is 0 Å². The number of aromatic nitrogens is 2. The van der Waals surface area contributed by atoms with Gasteiger partial charge >= 0.3 is 0 Å². The molecule has 0 bridgehead atoms. The summed E-state index contributed by atoms with van der Waals surface area (Å²) in [6, 6.07) is 16.3. The number of hydrogen-bond donors (Lipinski definition) is 1. The second kappa shape index (κ2) is 8.72. The SMILES string of the molecule is CSc1ccc(C)c(C(=O)NCCc2nccn2Cc2ccccc2)c1. The normalized spacial score (nSPS) is 10.7. The van der Waals surface area contributed by atoms with Gasteiger partial charge in [-0.15, -0.1) is 11.8 Å². The minimum Gasteiger partial charge on any atom is -0.352 e. The molecule has 3 aromatic rings. The topological polar surface area (TPSA) is 46.9 Å². The van der Waals surface area contributed by atoms with Gasteiger partial charge in [-0.1, -0.05) is 36.4 Å². The summed E-state index contributed by atoms with van der Waals surface area (Å²) in [7, 11) is 0. The number of imidazole rings is 1. The van der Waals surface area contributed by atoms with Crippen LogP contribution in [0.5, 0.6) is 0 Å². The van der Waals surface area contributed by atoms with Gasteiger partial charge in [0.15, 0.2) is 0 Å². The minimum absolute atomic E-state index is 0.0282. The number of nitrogens with one attached hydrogen (secondary N) is 1. The summed E-state index contributed by atoms with van der Waals surface area (Å²) in [5, 5.41) is 3.02. The fourth-order valence-electron chi connectivity index (χ4n) is 2.85. The van der Waals surface area contributed by atoms with Crippen LogP contribution in [0.4, 0.5) is 0 Å². The lowest BCUT2D eigenvalue weighted by Gasteiger charge is -2.10. The van der Waals surface area contributed by atoms with Crippen molar-refractivity contribution >= 4 is 17.7 Å². The summed E-state index contributed by atoms with van der Waals surface area (Å²) in [6.07, 6.45) is 6.51. The number of rotatable bonds is 7. The number of thioether (sulfide) groups is 1. The average Bonchev–Trinajstić information content (AvgIpc) is 3.10. The van der Waals surface area contributed by atoms with Crippen LogP contribution in [-0.4, -0.2) is 28.3 Å². The zero-order valence-electron chi connectivity index (χ0n) is 15.1. The van der Waals surface area contributed by atoms with Crippen LogP contribution < -0.4 is 5.32 Å². The summed E-state index contributed by atoms with van der Waals surface area (Å²) >= 11 is 1.64. The van der Waals surface area contributed by atoms with Crippen molar-refractivity contribution in [1.82, 2.24) is 14.9 Å². The molecule has 0 atom stereocenters. The van der Waals surface area contributed by atoms with Crippen LogP contribution in [0, 0.1) is 6.92 Å². The Bertz CT molecular complexity index is 874. The number of benzene rings is 2. The molecule has 0 spiro atoms. The van der Waals surface area contributed by atoms with Crippen LogP contribution in [0.1, 0.15) is 27.3 Å². The Morgan fingerprint density at radius 1 is 1.19 bits per heavy atom. The molecular weight excluding hydrogens is 342 g/mol. The average molecular weight is 366 g/mol. The van der Waals surface area contributed by atoms with E-state index in [0.29, 0.717) is 13.0 Å². The largest absolute Gasteiger partial charge is 0.352 e. The molecule has 2 aromatic carbocycles. The van der Waals surface area contributed by atoms with Crippen molar-refractivity contribution in [3.05, 3.63) is 83.4 Å². The zero-order chi connectivity index (χ0) is 18.4. The first-order valence-corrected chi connectivity index (χ1v) is 9.86. The fourth-order valence-corrected chi connectivity index (χ4v) is 3.29. The Morgan fingerprint density at radius 2 is 2.00 bits per heavy atom. The second-order valence-corrected chi connectivity index (χ2v) is 7.02. The van der Waals surface area contributed by atoms with E-state index < -0.39 is 0 Å². The monoisotopic (exact) mass is 365 g/mol. The fraction of sp³-hybridized carbons (Fsp3) is 0.238. The smallest absolute Gasteiger partial charge is 0.251 e. The second-order valence-electron chi connectivity index (χ2n) is 6.14. The first-order chi connectivity index (χ1) is 12.7. The summed E-state index contributed by atoms with van der Waals surface area (Å²) in [5.41, 5.74) is 2.97. The van der Waals surface area contributed by atoms with Gasteiger partial charge in [-0.2, -0.15) is 0 Å². The molecule has 26 heavy (non-hydrogen) atoms. The maximum atomic E-state index is 12.5. The van der Waals surface area contributed by atoms with Crippen LogP contribution in [0.3, 0.4) is 0 Å². The molecule has 0 aliphatic rings. The highest BCUT2D eigenvalue weighted by Crippen LogP contribution is 2.19. The molecule has 5 heteroatoms. The van der Waals surface area contributed by atoms with E-state index in [4.69, 9.17) is 0 Å². The summed E-state index contributed by atoms with van der Waals surface area (Å²) in [6.45, 7) is 3.32. The quantitative estimate of drug-likeness (QED) is 0.645. The highest BCUT2D eigenvalue weighted by molar-refractivity contribution is 7.98. The maximum absolute atomic E-state index is 12.5. The van der Waals surface area contributed by atoms with Gasteiger partial charge in [0.05, 0.1) is 0 Å². The molecule has 0 unspecified atom stereocenters. The number of carbonyl (C=O) groups is 1. The molecule has 1 heterocycles. The molecular formula is C21H23N3OS. The lowest BCUT2D eigenvalue weighted by molar-refractivity contribution is 0.0953. The van der Waals surface area contributed by atoms with Crippen LogP contribution in [0.25, 0.3) is 0 Å². The molecule has 0 fully saturated rings. The van der Waals surface area contributed by atoms with Gasteiger partial charge < -0.3 is 9.88 Å². The van der Waals surface area contributed by atoms with Gasteiger partial charge in [-0.25, -0.2) is 4.98 Å². The number of aryl methyl sites for hydroxylation is 1. The van der Waals surface area contributed by atoms with Gasteiger partial charge in [-0.3, -0.25) is 4.79 Å². The standard InChI is InChI=1S/C21H23N3OS/c1-16-8-9-18(26-2)14-19(16)21(25)23-11-10-20-22-12-13-24(20)15-17-6-4-3-5-7-17/h3-9,12-14H,10-11,15H2,1-2H3,(H,23,25). The predicted molar refractivity (Wildman–Crippen MR) is 107 cm³/mol. The highest BCUT2D eigenvalue weighted by Gasteiger charge is 2.10. The Labute approximate surface area is 158 Å². The molecule has 0 radical (unpaired) electrons. The third-order valence-electron chi connectivity index (χ3n) is 4.32. The molecule has 0 saturated heterocycles. The van der Waals surface area contributed by atoms with E-state index in [0.717, 1.165) is 28.4 Å². The number of nitrogens with zero attached hydrogens (tertiary/aromatic N) is 2. The molecule has 0 aliphatic carbocycles. The molecule has 0 saturated carbocycles. The van der Waals surface area contributed by atoms with E-state index in [9.17, 15) is 4.79 Å². The Balaban J connectivity index is 1.59. The Hall–Kier alpha value is -2.53. The van der Waals surface area contributed by atoms with E-state index in [-0.39, 0.29) is 5.91 Å². The van der Waals surface area contributed by atoms with Crippen LogP contribution in [-0.2, 0) is 13.0 Å². The van der Waals surface area contributed by atoms with Gasteiger partial charge in [-0.05, 0) is 36.4 Å². The first kappa shape index (κ1) is 18.3. The lowest BCUT2D eigenvalue weighted by Crippen LogP contribution is -2.27. The Morgan fingerprint density at radius 3 is 2.77 bits per heavy atom. The van der Waals surface area contributed by atoms with Crippen molar-refractivity contribution < 1.29 is 4.79 Å². The summed E-state index contributed by atoms with van der Waals surface area (Å²) < 4.78 is 2.13. The van der Waals surface area contributed by atoms with Gasteiger partial charge in [0.25, 0.3) is 5.91 Å². The number of carbonyl (C=O) groups excluding carboxylic acids is 1.